The summed E-state index contributed by atoms with van der Waals surface area (Å²) >= 11 is 8.19. The van der Waals surface area contributed by atoms with E-state index < -0.39 is 4.92 Å². The first-order valence-electron chi connectivity index (χ1n) is 6.02. The molecule has 110 valence electrons. The Morgan fingerprint density at radius 3 is 2.81 bits per heavy atom. The van der Waals surface area contributed by atoms with Gasteiger partial charge in [-0.2, -0.15) is 0 Å². The summed E-state index contributed by atoms with van der Waals surface area (Å²) in [6.07, 6.45) is 0. The van der Waals surface area contributed by atoms with Gasteiger partial charge in [-0.15, -0.1) is 0 Å². The zero-order valence-electron chi connectivity index (χ0n) is 11.1. The highest BCUT2D eigenvalue weighted by atomic mass is 127. The molecule has 0 heterocycles. The summed E-state index contributed by atoms with van der Waals surface area (Å²) in [6, 6.07) is 10.3. The largest absolute Gasteiger partial charge is 0.496 e. The van der Waals surface area contributed by atoms with Crippen LogP contribution in [0, 0.1) is 13.7 Å². The molecule has 0 aliphatic heterocycles. The SMILES string of the molecule is COc1cccc(Cl)c1CNc1ccc(I)cc1[N+](=O)[O-]. The molecule has 0 unspecified atom stereocenters. The smallest absolute Gasteiger partial charge is 0.293 e. The standard InChI is InChI=1S/C14H12ClIN2O3/c1-21-14-4-2-3-11(15)10(14)8-17-12-6-5-9(16)7-13(12)18(19)20/h2-7,17H,8H2,1H3. The van der Waals surface area contributed by atoms with Gasteiger partial charge in [-0.1, -0.05) is 17.7 Å². The average Bonchev–Trinajstić information content (AvgIpc) is 2.46. The molecule has 0 aliphatic carbocycles. The molecule has 0 radical (unpaired) electrons. The molecule has 2 aromatic carbocycles. The van der Waals surface area contributed by atoms with Crippen LogP contribution in [0.4, 0.5) is 11.4 Å². The van der Waals surface area contributed by atoms with E-state index >= 15 is 0 Å². The van der Waals surface area contributed by atoms with Gasteiger partial charge < -0.3 is 10.1 Å². The summed E-state index contributed by atoms with van der Waals surface area (Å²) in [4.78, 5) is 10.7. The maximum atomic E-state index is 11.1. The number of nitro groups is 1. The molecular weight excluding hydrogens is 407 g/mol. The number of benzene rings is 2. The summed E-state index contributed by atoms with van der Waals surface area (Å²) in [5.41, 5.74) is 1.24. The van der Waals surface area contributed by atoms with Crippen LogP contribution < -0.4 is 10.1 Å². The number of halogens is 2. The lowest BCUT2D eigenvalue weighted by Gasteiger charge is -2.12. The first-order chi connectivity index (χ1) is 10.0. The number of anilines is 1. The highest BCUT2D eigenvalue weighted by Crippen LogP contribution is 2.30. The fourth-order valence-corrected chi connectivity index (χ4v) is 2.60. The van der Waals surface area contributed by atoms with Crippen molar-refractivity contribution in [3.05, 3.63) is 60.7 Å². The van der Waals surface area contributed by atoms with Gasteiger partial charge in [-0.3, -0.25) is 10.1 Å². The van der Waals surface area contributed by atoms with Crippen LogP contribution in [-0.4, -0.2) is 12.0 Å². The molecule has 0 aromatic heterocycles. The molecule has 2 rings (SSSR count). The molecular formula is C14H12ClIN2O3. The number of hydrogen-bond donors (Lipinski definition) is 1. The molecule has 21 heavy (non-hydrogen) atoms. The van der Waals surface area contributed by atoms with Gasteiger partial charge in [0.25, 0.3) is 5.69 Å². The van der Waals surface area contributed by atoms with E-state index in [0.29, 0.717) is 23.0 Å². The van der Waals surface area contributed by atoms with Crippen molar-refractivity contribution in [1.82, 2.24) is 0 Å². The zero-order chi connectivity index (χ0) is 15.4. The molecule has 0 amide bonds. The Morgan fingerprint density at radius 1 is 1.38 bits per heavy atom. The minimum Gasteiger partial charge on any atom is -0.496 e. The lowest BCUT2D eigenvalue weighted by molar-refractivity contribution is -0.384. The molecule has 7 heteroatoms. The van der Waals surface area contributed by atoms with Gasteiger partial charge in [-0.05, 0) is 46.9 Å². The van der Waals surface area contributed by atoms with Crippen LogP contribution in [0.3, 0.4) is 0 Å². The van der Waals surface area contributed by atoms with Crippen molar-refractivity contribution in [2.24, 2.45) is 0 Å². The second-order valence-electron chi connectivity index (χ2n) is 4.19. The van der Waals surface area contributed by atoms with E-state index in [0.717, 1.165) is 9.13 Å². The van der Waals surface area contributed by atoms with E-state index in [1.807, 2.05) is 22.6 Å². The molecule has 0 bridgehead atoms. The van der Waals surface area contributed by atoms with Gasteiger partial charge in [0, 0.05) is 26.8 Å². The van der Waals surface area contributed by atoms with Gasteiger partial charge in [0.2, 0.25) is 0 Å². The van der Waals surface area contributed by atoms with Crippen molar-refractivity contribution in [1.29, 1.82) is 0 Å². The lowest BCUT2D eigenvalue weighted by atomic mass is 10.2. The first kappa shape index (κ1) is 15.8. The fourth-order valence-electron chi connectivity index (χ4n) is 1.89. The number of nitrogens with one attached hydrogen (secondary N) is 1. The molecule has 0 saturated carbocycles. The molecule has 0 spiro atoms. The molecule has 0 fully saturated rings. The van der Waals surface area contributed by atoms with Crippen LogP contribution in [0.15, 0.2) is 36.4 Å². The lowest BCUT2D eigenvalue weighted by Crippen LogP contribution is -2.05. The third-order valence-corrected chi connectivity index (χ3v) is 3.93. The second kappa shape index (κ2) is 6.95. The number of nitro benzene ring substituents is 1. The Morgan fingerprint density at radius 2 is 2.14 bits per heavy atom. The highest BCUT2D eigenvalue weighted by molar-refractivity contribution is 14.1. The molecule has 1 N–H and O–H groups in total. The quantitative estimate of drug-likeness (QED) is 0.442. The third-order valence-electron chi connectivity index (χ3n) is 2.91. The first-order valence-corrected chi connectivity index (χ1v) is 7.47. The minimum atomic E-state index is -0.408. The van der Waals surface area contributed by atoms with Gasteiger partial charge >= 0.3 is 0 Å². The molecule has 0 atom stereocenters. The average molecular weight is 419 g/mol. The van der Waals surface area contributed by atoms with Gasteiger partial charge in [0.05, 0.1) is 12.0 Å². The van der Waals surface area contributed by atoms with Crippen molar-refractivity contribution in [3.63, 3.8) is 0 Å². The van der Waals surface area contributed by atoms with Crippen LogP contribution in [0.1, 0.15) is 5.56 Å². The Labute approximate surface area is 140 Å². The Balaban J connectivity index is 2.27. The van der Waals surface area contributed by atoms with Gasteiger partial charge in [-0.25, -0.2) is 0 Å². The van der Waals surface area contributed by atoms with E-state index in [2.05, 4.69) is 5.32 Å². The van der Waals surface area contributed by atoms with Crippen molar-refractivity contribution in [2.45, 2.75) is 6.54 Å². The molecule has 0 saturated heterocycles. The van der Waals surface area contributed by atoms with Crippen molar-refractivity contribution in [2.75, 3.05) is 12.4 Å². The summed E-state index contributed by atoms with van der Waals surface area (Å²) < 4.78 is 6.06. The summed E-state index contributed by atoms with van der Waals surface area (Å²) in [7, 11) is 1.56. The van der Waals surface area contributed by atoms with Crippen LogP contribution in [0.2, 0.25) is 5.02 Å². The van der Waals surface area contributed by atoms with Crippen molar-refractivity contribution >= 4 is 45.6 Å². The zero-order valence-corrected chi connectivity index (χ0v) is 14.0. The number of ether oxygens (including phenoxy) is 1. The Hall–Kier alpha value is -1.54. The monoisotopic (exact) mass is 418 g/mol. The number of nitrogens with zero attached hydrogens (tertiary/aromatic N) is 1. The van der Waals surface area contributed by atoms with E-state index in [1.54, 1.807) is 37.4 Å². The summed E-state index contributed by atoms with van der Waals surface area (Å²) in [5.74, 6) is 0.642. The van der Waals surface area contributed by atoms with Crippen LogP contribution in [0.5, 0.6) is 5.75 Å². The van der Waals surface area contributed by atoms with Crippen molar-refractivity contribution in [3.8, 4) is 5.75 Å². The second-order valence-corrected chi connectivity index (χ2v) is 5.85. The topological polar surface area (TPSA) is 64.4 Å². The molecule has 2 aromatic rings. The van der Waals surface area contributed by atoms with Crippen LogP contribution >= 0.6 is 34.2 Å². The van der Waals surface area contributed by atoms with Crippen LogP contribution in [-0.2, 0) is 6.54 Å². The maximum Gasteiger partial charge on any atom is 0.293 e. The van der Waals surface area contributed by atoms with E-state index in [1.165, 1.54) is 6.07 Å². The molecule has 0 aliphatic rings. The van der Waals surface area contributed by atoms with E-state index in [4.69, 9.17) is 16.3 Å². The van der Waals surface area contributed by atoms with Crippen LogP contribution in [0.25, 0.3) is 0 Å². The predicted molar refractivity (Wildman–Crippen MR) is 91.1 cm³/mol. The molecule has 5 nitrogen and oxygen atoms in total. The Bertz CT molecular complexity index is 679. The number of methoxy groups -OCH3 is 1. The third kappa shape index (κ3) is 3.76. The minimum absolute atomic E-state index is 0.0351. The van der Waals surface area contributed by atoms with Gasteiger partial charge in [0.1, 0.15) is 11.4 Å². The normalized spacial score (nSPS) is 10.2. The predicted octanol–water partition coefficient (Wildman–Crippen LogP) is 4.47. The summed E-state index contributed by atoms with van der Waals surface area (Å²) in [5, 5.41) is 14.7. The highest BCUT2D eigenvalue weighted by Gasteiger charge is 2.15. The summed E-state index contributed by atoms with van der Waals surface area (Å²) in [6.45, 7) is 0.338. The Kier molecular flexibility index (Phi) is 5.24. The number of hydrogen-bond acceptors (Lipinski definition) is 4. The van der Waals surface area contributed by atoms with E-state index in [-0.39, 0.29) is 5.69 Å². The van der Waals surface area contributed by atoms with Gasteiger partial charge in [0.15, 0.2) is 0 Å². The van der Waals surface area contributed by atoms with E-state index in [9.17, 15) is 10.1 Å². The maximum absolute atomic E-state index is 11.1. The van der Waals surface area contributed by atoms with Crippen molar-refractivity contribution < 1.29 is 9.66 Å². The number of rotatable bonds is 5. The fraction of sp³-hybridized carbons (Fsp3) is 0.143.